The fraction of sp³-hybridized carbons (Fsp3) is 0.857. The van der Waals surface area contributed by atoms with Crippen LogP contribution in [0.1, 0.15) is 32.1 Å². The van der Waals surface area contributed by atoms with Gasteiger partial charge >= 0.3 is 5.97 Å². The van der Waals surface area contributed by atoms with Gasteiger partial charge in [0.2, 0.25) is 5.91 Å². The second kappa shape index (κ2) is 7.04. The zero-order valence-corrected chi connectivity index (χ0v) is 11.9. The second-order valence-electron chi connectivity index (χ2n) is 6.26. The van der Waals surface area contributed by atoms with Crippen LogP contribution in [0.15, 0.2) is 0 Å². The monoisotopic (exact) mass is 283 g/mol. The number of carboxylic acid groups (broad SMARTS) is 1. The van der Waals surface area contributed by atoms with Crippen molar-refractivity contribution in [1.29, 1.82) is 0 Å². The lowest BCUT2D eigenvalue weighted by Gasteiger charge is -2.38. The summed E-state index contributed by atoms with van der Waals surface area (Å²) in [7, 11) is 0. The van der Waals surface area contributed by atoms with Crippen molar-refractivity contribution in [2.75, 3.05) is 26.2 Å². The summed E-state index contributed by atoms with van der Waals surface area (Å²) in [5, 5.41) is 12.5. The summed E-state index contributed by atoms with van der Waals surface area (Å²) in [4.78, 5) is 23.9. The lowest BCUT2D eigenvalue weighted by molar-refractivity contribution is -0.138. The maximum Gasteiger partial charge on any atom is 0.303 e. The zero-order chi connectivity index (χ0) is 14.5. The first-order chi connectivity index (χ1) is 9.52. The molecule has 20 heavy (non-hydrogen) atoms. The number of primary amides is 1. The number of rotatable bonds is 7. The first-order valence-electron chi connectivity index (χ1n) is 7.48. The molecular formula is C14H25N3O3. The minimum Gasteiger partial charge on any atom is -0.481 e. The maximum absolute atomic E-state index is 11.1. The van der Waals surface area contributed by atoms with E-state index in [0.29, 0.717) is 6.54 Å². The summed E-state index contributed by atoms with van der Waals surface area (Å²) in [6.45, 7) is 2.66. The minimum atomic E-state index is -0.770. The molecule has 2 aliphatic rings. The number of hydrogen-bond acceptors (Lipinski definition) is 4. The van der Waals surface area contributed by atoms with Gasteiger partial charge in [0.05, 0.1) is 6.54 Å². The molecule has 1 aliphatic heterocycles. The largest absolute Gasteiger partial charge is 0.481 e. The Morgan fingerprint density at radius 1 is 1.25 bits per heavy atom. The van der Waals surface area contributed by atoms with Gasteiger partial charge < -0.3 is 16.2 Å². The van der Waals surface area contributed by atoms with Crippen LogP contribution in [0.25, 0.3) is 0 Å². The average molecular weight is 283 g/mol. The van der Waals surface area contributed by atoms with Crippen molar-refractivity contribution < 1.29 is 14.7 Å². The van der Waals surface area contributed by atoms with E-state index < -0.39 is 5.97 Å². The molecule has 1 amide bonds. The number of piperidine rings is 1. The topological polar surface area (TPSA) is 95.7 Å². The highest BCUT2D eigenvalue weighted by Gasteiger charge is 2.30. The van der Waals surface area contributed by atoms with Gasteiger partial charge in [-0.05, 0) is 37.6 Å². The number of nitrogens with two attached hydrogens (primary N) is 1. The molecule has 2 fully saturated rings. The van der Waals surface area contributed by atoms with Gasteiger partial charge in [-0.15, -0.1) is 0 Å². The predicted octanol–water partition coefficient (Wildman–Crippen LogP) is 0.0266. The molecule has 0 aromatic rings. The Kier molecular flexibility index (Phi) is 5.37. The van der Waals surface area contributed by atoms with E-state index >= 15 is 0 Å². The van der Waals surface area contributed by atoms with Crippen LogP contribution in [0.3, 0.4) is 0 Å². The zero-order valence-electron chi connectivity index (χ0n) is 11.9. The molecule has 2 atom stereocenters. The van der Waals surface area contributed by atoms with Gasteiger partial charge in [0.25, 0.3) is 0 Å². The summed E-state index contributed by atoms with van der Waals surface area (Å²) in [6.07, 6.45) is 4.95. The highest BCUT2D eigenvalue weighted by Crippen LogP contribution is 2.26. The summed E-state index contributed by atoms with van der Waals surface area (Å²) in [6, 6.07) is 0.271. The minimum absolute atomic E-state index is 0.0968. The SMILES string of the molecule is NC(=O)CN1CC(CC(=O)O)CC(NCC2CCC2)C1. The normalized spacial score (nSPS) is 28.0. The molecule has 2 rings (SSSR count). The number of carbonyl (C=O) groups excluding carboxylic acids is 1. The smallest absolute Gasteiger partial charge is 0.303 e. The summed E-state index contributed by atoms with van der Waals surface area (Å²) in [5.74, 6) is -0.244. The van der Waals surface area contributed by atoms with Crippen molar-refractivity contribution in [2.24, 2.45) is 17.6 Å². The number of aliphatic carboxylic acids is 1. The van der Waals surface area contributed by atoms with Crippen LogP contribution >= 0.6 is 0 Å². The number of amides is 1. The molecule has 1 saturated carbocycles. The van der Waals surface area contributed by atoms with Gasteiger partial charge in [-0.2, -0.15) is 0 Å². The number of nitrogens with one attached hydrogen (secondary N) is 1. The van der Waals surface area contributed by atoms with E-state index in [2.05, 4.69) is 5.32 Å². The Morgan fingerprint density at radius 2 is 2.00 bits per heavy atom. The van der Waals surface area contributed by atoms with E-state index in [9.17, 15) is 9.59 Å². The van der Waals surface area contributed by atoms with Crippen LogP contribution in [-0.4, -0.2) is 54.1 Å². The summed E-state index contributed by atoms with van der Waals surface area (Å²) in [5.41, 5.74) is 5.25. The summed E-state index contributed by atoms with van der Waals surface area (Å²) >= 11 is 0. The van der Waals surface area contributed by atoms with E-state index in [0.717, 1.165) is 25.4 Å². The fourth-order valence-electron chi connectivity index (χ4n) is 3.23. The van der Waals surface area contributed by atoms with E-state index in [1.807, 2.05) is 4.90 Å². The van der Waals surface area contributed by atoms with Crippen LogP contribution in [0.4, 0.5) is 0 Å². The Hall–Kier alpha value is -1.14. The van der Waals surface area contributed by atoms with Gasteiger partial charge in [-0.1, -0.05) is 6.42 Å². The van der Waals surface area contributed by atoms with Crippen LogP contribution < -0.4 is 11.1 Å². The van der Waals surface area contributed by atoms with Crippen LogP contribution in [0.2, 0.25) is 0 Å². The average Bonchev–Trinajstić information content (AvgIpc) is 2.24. The Bertz CT molecular complexity index is 334. The number of nitrogens with zero attached hydrogens (tertiary/aromatic N) is 1. The summed E-state index contributed by atoms with van der Waals surface area (Å²) < 4.78 is 0. The number of likely N-dealkylation sites (tertiary alicyclic amines) is 1. The van der Waals surface area contributed by atoms with Gasteiger partial charge in [0, 0.05) is 25.6 Å². The number of hydrogen-bond donors (Lipinski definition) is 3. The van der Waals surface area contributed by atoms with Crippen molar-refractivity contribution in [3.8, 4) is 0 Å². The first kappa shape index (κ1) is 15.3. The van der Waals surface area contributed by atoms with Gasteiger partial charge in [-0.25, -0.2) is 0 Å². The Labute approximate surface area is 119 Å². The van der Waals surface area contributed by atoms with Crippen molar-refractivity contribution in [1.82, 2.24) is 10.2 Å². The van der Waals surface area contributed by atoms with Crippen molar-refractivity contribution in [2.45, 2.75) is 38.1 Å². The molecule has 2 unspecified atom stereocenters. The van der Waals surface area contributed by atoms with Crippen LogP contribution in [0, 0.1) is 11.8 Å². The third-order valence-electron chi connectivity index (χ3n) is 4.38. The lowest BCUT2D eigenvalue weighted by Crippen LogP contribution is -2.52. The highest BCUT2D eigenvalue weighted by atomic mass is 16.4. The lowest BCUT2D eigenvalue weighted by atomic mass is 9.84. The molecule has 6 nitrogen and oxygen atoms in total. The Balaban J connectivity index is 1.84. The second-order valence-corrected chi connectivity index (χ2v) is 6.26. The van der Waals surface area contributed by atoms with E-state index in [4.69, 9.17) is 10.8 Å². The molecule has 114 valence electrons. The molecule has 0 bridgehead atoms. The van der Waals surface area contributed by atoms with Gasteiger partial charge in [-0.3, -0.25) is 14.5 Å². The van der Waals surface area contributed by atoms with Gasteiger partial charge in [0.15, 0.2) is 0 Å². The van der Waals surface area contributed by atoms with E-state index in [-0.39, 0.29) is 30.8 Å². The predicted molar refractivity (Wildman–Crippen MR) is 75.1 cm³/mol. The van der Waals surface area contributed by atoms with Crippen molar-refractivity contribution in [3.63, 3.8) is 0 Å². The molecule has 0 radical (unpaired) electrons. The van der Waals surface area contributed by atoms with E-state index in [1.54, 1.807) is 0 Å². The molecule has 0 aromatic carbocycles. The number of carboxylic acids is 1. The fourth-order valence-corrected chi connectivity index (χ4v) is 3.23. The Morgan fingerprint density at radius 3 is 2.55 bits per heavy atom. The molecule has 0 aromatic heterocycles. The standard InChI is InChI=1S/C14H25N3O3/c15-13(18)9-17-7-11(5-14(19)20)4-12(8-17)16-6-10-2-1-3-10/h10-12,16H,1-9H2,(H2,15,18)(H,19,20). The molecule has 1 aliphatic carbocycles. The van der Waals surface area contributed by atoms with Crippen LogP contribution in [-0.2, 0) is 9.59 Å². The quantitative estimate of drug-likeness (QED) is 0.612. The van der Waals surface area contributed by atoms with Crippen molar-refractivity contribution >= 4 is 11.9 Å². The molecule has 6 heteroatoms. The molecular weight excluding hydrogens is 258 g/mol. The number of carbonyl (C=O) groups is 2. The van der Waals surface area contributed by atoms with Gasteiger partial charge in [0.1, 0.15) is 0 Å². The highest BCUT2D eigenvalue weighted by molar-refractivity contribution is 5.76. The molecule has 1 saturated heterocycles. The third kappa shape index (κ3) is 4.76. The molecule has 0 spiro atoms. The van der Waals surface area contributed by atoms with E-state index in [1.165, 1.54) is 19.3 Å². The van der Waals surface area contributed by atoms with Crippen molar-refractivity contribution in [3.05, 3.63) is 0 Å². The molecule has 1 heterocycles. The molecule has 4 N–H and O–H groups in total. The third-order valence-corrected chi connectivity index (χ3v) is 4.38. The van der Waals surface area contributed by atoms with Crippen LogP contribution in [0.5, 0.6) is 0 Å². The first-order valence-corrected chi connectivity index (χ1v) is 7.48. The maximum atomic E-state index is 11.1.